The van der Waals surface area contributed by atoms with Crippen LogP contribution in [0.3, 0.4) is 0 Å². The van der Waals surface area contributed by atoms with E-state index in [1.54, 1.807) is 0 Å². The van der Waals surface area contributed by atoms with Crippen LogP contribution in [0.4, 0.5) is 13.2 Å². The number of carbonyl (C=O) groups is 1. The molecule has 1 rings (SSSR count). The summed E-state index contributed by atoms with van der Waals surface area (Å²) < 4.78 is 64.8. The number of rotatable bonds is 16. The first-order valence-corrected chi connectivity index (χ1v) is 8.71. The van der Waals surface area contributed by atoms with Gasteiger partial charge in [0, 0.05) is 23.6 Å². The predicted molar refractivity (Wildman–Crippen MR) is 93.9 cm³/mol. The van der Waals surface area contributed by atoms with Crippen LogP contribution in [0.2, 0.25) is 0 Å². The first-order valence-electron chi connectivity index (χ1n) is 8.71. The fraction of sp³-hybridized carbons (Fsp3) is 0.588. The average Bonchev–Trinajstić information content (AvgIpc) is 2.67. The Bertz CT molecular complexity index is 651. The molecule has 0 radical (unpaired) electrons. The molecule has 0 unspecified atom stereocenters. The molecule has 0 aromatic heterocycles. The van der Waals surface area contributed by atoms with Gasteiger partial charge in [-0.2, -0.15) is 0 Å². The first-order chi connectivity index (χ1) is 14.0. The van der Waals surface area contributed by atoms with Gasteiger partial charge in [-0.25, -0.2) is 13.2 Å². The molecule has 0 spiro atoms. The Kier molecular flexibility index (Phi) is 13.2. The van der Waals surface area contributed by atoms with Gasteiger partial charge in [0.15, 0.2) is 11.6 Å². The molecule has 0 amide bonds. The molecule has 0 bridgehead atoms. The molecule has 12 heteroatoms. The van der Waals surface area contributed by atoms with Crippen molar-refractivity contribution in [3.63, 3.8) is 0 Å². The van der Waals surface area contributed by atoms with E-state index >= 15 is 0 Å². The highest BCUT2D eigenvalue weighted by Crippen LogP contribution is 2.23. The Morgan fingerprint density at radius 1 is 0.862 bits per heavy atom. The van der Waals surface area contributed by atoms with Gasteiger partial charge in [-0.05, 0) is 5.53 Å². The second kappa shape index (κ2) is 15.5. The van der Waals surface area contributed by atoms with Crippen molar-refractivity contribution in [1.82, 2.24) is 0 Å². The number of hydrogen-bond donors (Lipinski definition) is 0. The third kappa shape index (κ3) is 11.9. The summed E-state index contributed by atoms with van der Waals surface area (Å²) in [7, 11) is 0. The Morgan fingerprint density at radius 3 is 1.86 bits per heavy atom. The van der Waals surface area contributed by atoms with Crippen molar-refractivity contribution < 1.29 is 41.7 Å². The minimum Gasteiger partial charge on any atom is -0.420 e. The fourth-order valence-corrected chi connectivity index (χ4v) is 1.86. The van der Waals surface area contributed by atoms with Crippen LogP contribution >= 0.6 is 0 Å². The molecule has 0 aliphatic heterocycles. The Morgan fingerprint density at radius 2 is 1.34 bits per heavy atom. The highest BCUT2D eigenvalue weighted by atomic mass is 19.1. The highest BCUT2D eigenvalue weighted by Gasteiger charge is 2.16. The zero-order valence-electron chi connectivity index (χ0n) is 15.7. The van der Waals surface area contributed by atoms with Crippen LogP contribution in [0.25, 0.3) is 10.4 Å². The Labute approximate surface area is 165 Å². The van der Waals surface area contributed by atoms with E-state index in [4.69, 9.17) is 24.5 Å². The molecule has 29 heavy (non-hydrogen) atoms. The van der Waals surface area contributed by atoms with E-state index in [2.05, 4.69) is 14.8 Å². The molecule has 1 aromatic carbocycles. The lowest BCUT2D eigenvalue weighted by atomic mass is 10.3. The summed E-state index contributed by atoms with van der Waals surface area (Å²) in [6, 6.07) is 0.838. The molecule has 0 saturated carbocycles. The third-order valence-corrected chi connectivity index (χ3v) is 3.14. The maximum Gasteiger partial charge on any atom is 0.313 e. The highest BCUT2D eigenvalue weighted by molar-refractivity contribution is 5.72. The Hall–Kier alpha value is -2.37. The second-order valence-electron chi connectivity index (χ2n) is 5.33. The van der Waals surface area contributed by atoms with Crippen LogP contribution in [0.15, 0.2) is 17.2 Å². The van der Waals surface area contributed by atoms with Crippen LogP contribution in [0.5, 0.6) is 5.75 Å². The summed E-state index contributed by atoms with van der Waals surface area (Å²) in [5.74, 6) is -5.56. The number of benzene rings is 1. The molecule has 0 saturated heterocycles. The number of carbonyl (C=O) groups excluding carboxylic acids is 1. The maximum atomic E-state index is 13.4. The molecule has 0 fully saturated rings. The number of halogens is 3. The van der Waals surface area contributed by atoms with Gasteiger partial charge in [-0.15, -0.1) is 0 Å². The van der Waals surface area contributed by atoms with E-state index in [1.807, 2.05) is 0 Å². The standard InChI is InChI=1S/C17H22F3N3O6/c18-13-11-14(19)17(15(20)12-13)29-16(24)1-3-25-5-7-27-9-10-28-8-6-26-4-2-22-23-21/h11-12H,1-10H2. The number of nitrogens with zero attached hydrogens (tertiary/aromatic N) is 3. The number of azide groups is 1. The minimum absolute atomic E-state index is 0.0314. The Balaban J connectivity index is 1.94. The van der Waals surface area contributed by atoms with E-state index < -0.39 is 29.2 Å². The molecule has 0 aliphatic rings. The summed E-state index contributed by atoms with van der Waals surface area (Å²) in [4.78, 5) is 14.1. The van der Waals surface area contributed by atoms with Gasteiger partial charge < -0.3 is 23.7 Å². The molecular weight excluding hydrogens is 399 g/mol. The molecule has 0 N–H and O–H groups in total. The predicted octanol–water partition coefficient (Wildman–Crippen LogP) is 2.78. The first kappa shape index (κ1) is 24.7. The van der Waals surface area contributed by atoms with Crippen LogP contribution in [0.1, 0.15) is 6.42 Å². The number of esters is 1. The van der Waals surface area contributed by atoms with Crippen LogP contribution in [-0.2, 0) is 23.7 Å². The molecule has 0 atom stereocenters. The van der Waals surface area contributed by atoms with Crippen molar-refractivity contribution >= 4 is 5.97 Å². The molecule has 0 aliphatic carbocycles. The van der Waals surface area contributed by atoms with Gasteiger partial charge in [-0.3, -0.25) is 4.79 Å². The lowest BCUT2D eigenvalue weighted by molar-refractivity contribution is -0.136. The quantitative estimate of drug-likeness (QED) is 0.101. The number of ether oxygens (including phenoxy) is 5. The fourth-order valence-electron chi connectivity index (χ4n) is 1.86. The van der Waals surface area contributed by atoms with Crippen LogP contribution in [-0.4, -0.2) is 65.4 Å². The lowest BCUT2D eigenvalue weighted by Gasteiger charge is -2.08. The zero-order valence-corrected chi connectivity index (χ0v) is 15.7. The van der Waals surface area contributed by atoms with Crippen molar-refractivity contribution in [1.29, 1.82) is 0 Å². The van der Waals surface area contributed by atoms with E-state index in [0.29, 0.717) is 45.2 Å². The molecular formula is C17H22F3N3O6. The van der Waals surface area contributed by atoms with Crippen molar-refractivity contribution in [2.24, 2.45) is 5.11 Å². The SMILES string of the molecule is [N-]=[N+]=NCCOCCOCCOCCOCCC(=O)Oc1c(F)cc(F)cc1F. The normalized spacial score (nSPS) is 10.6. The van der Waals surface area contributed by atoms with E-state index in [1.165, 1.54) is 0 Å². The van der Waals surface area contributed by atoms with E-state index in [0.717, 1.165) is 0 Å². The van der Waals surface area contributed by atoms with Gasteiger partial charge in [0.2, 0.25) is 5.75 Å². The summed E-state index contributed by atoms with van der Waals surface area (Å²) >= 11 is 0. The molecule has 0 heterocycles. The van der Waals surface area contributed by atoms with Gasteiger partial charge in [-0.1, -0.05) is 5.11 Å². The molecule has 162 valence electrons. The summed E-state index contributed by atoms with van der Waals surface area (Å²) in [5, 5.41) is 3.31. The monoisotopic (exact) mass is 421 g/mol. The average molecular weight is 421 g/mol. The second-order valence-corrected chi connectivity index (χ2v) is 5.33. The maximum absolute atomic E-state index is 13.4. The smallest absolute Gasteiger partial charge is 0.313 e. The van der Waals surface area contributed by atoms with E-state index in [9.17, 15) is 18.0 Å². The topological polar surface area (TPSA) is 112 Å². The van der Waals surface area contributed by atoms with Crippen molar-refractivity contribution in [3.8, 4) is 5.75 Å². The number of hydrogen-bond acceptors (Lipinski definition) is 7. The zero-order chi connectivity index (χ0) is 21.3. The van der Waals surface area contributed by atoms with Gasteiger partial charge in [0.05, 0.1) is 59.3 Å². The lowest BCUT2D eigenvalue weighted by Crippen LogP contribution is -2.15. The third-order valence-electron chi connectivity index (χ3n) is 3.14. The summed E-state index contributed by atoms with van der Waals surface area (Å²) in [5.41, 5.74) is 8.06. The minimum atomic E-state index is -1.30. The largest absolute Gasteiger partial charge is 0.420 e. The van der Waals surface area contributed by atoms with Gasteiger partial charge >= 0.3 is 5.97 Å². The van der Waals surface area contributed by atoms with Gasteiger partial charge in [0.25, 0.3) is 0 Å². The van der Waals surface area contributed by atoms with Crippen molar-refractivity contribution in [2.45, 2.75) is 6.42 Å². The van der Waals surface area contributed by atoms with Crippen LogP contribution < -0.4 is 4.74 Å². The van der Waals surface area contributed by atoms with Crippen LogP contribution in [0, 0.1) is 17.5 Å². The molecule has 1 aromatic rings. The van der Waals surface area contributed by atoms with Crippen molar-refractivity contribution in [2.75, 3.05) is 59.4 Å². The van der Waals surface area contributed by atoms with Gasteiger partial charge in [0.1, 0.15) is 5.82 Å². The summed E-state index contributed by atoms with van der Waals surface area (Å²) in [6.45, 7) is 2.51. The van der Waals surface area contributed by atoms with E-state index in [-0.39, 0.29) is 32.8 Å². The molecule has 9 nitrogen and oxygen atoms in total. The summed E-state index contributed by atoms with van der Waals surface area (Å²) in [6.07, 6.45) is -0.237. The van der Waals surface area contributed by atoms with Crippen molar-refractivity contribution in [3.05, 3.63) is 40.0 Å².